The molecule has 2 heterocycles. The van der Waals surface area contributed by atoms with E-state index in [0.29, 0.717) is 37.7 Å². The fraction of sp³-hybridized carbons (Fsp3) is 0.824. The van der Waals surface area contributed by atoms with Crippen molar-refractivity contribution in [3.05, 3.63) is 0 Å². The van der Waals surface area contributed by atoms with E-state index in [1.165, 1.54) is 11.8 Å². The summed E-state index contributed by atoms with van der Waals surface area (Å²) in [5.41, 5.74) is -0.484. The Balaban J connectivity index is 1.78. The molecule has 2 aliphatic rings. The van der Waals surface area contributed by atoms with E-state index in [9.17, 15) is 14.4 Å². The number of carbonyl (C=O) groups excluding carboxylic acids is 3. The standard InChI is InChI=1S/C17H28N2O4S/c1-12(20)24-11-14-7-15(21)19(10-14)9-13-5-6-18(8-13)16(22)23-17(2,3)4/h13-14H,5-11H2,1-4H3/t13-,14?/m0/s1. The molecule has 136 valence electrons. The van der Waals surface area contributed by atoms with Gasteiger partial charge in [-0.2, -0.15) is 0 Å². The van der Waals surface area contributed by atoms with Crippen LogP contribution in [0.2, 0.25) is 0 Å². The van der Waals surface area contributed by atoms with E-state index >= 15 is 0 Å². The number of rotatable bonds is 4. The molecule has 0 bridgehead atoms. The van der Waals surface area contributed by atoms with Gasteiger partial charge in [0.1, 0.15) is 5.60 Å². The van der Waals surface area contributed by atoms with E-state index in [-0.39, 0.29) is 23.0 Å². The third kappa shape index (κ3) is 5.69. The Labute approximate surface area is 148 Å². The highest BCUT2D eigenvalue weighted by Crippen LogP contribution is 2.26. The van der Waals surface area contributed by atoms with Gasteiger partial charge in [0.15, 0.2) is 5.12 Å². The average Bonchev–Trinajstić information content (AvgIpc) is 3.03. The van der Waals surface area contributed by atoms with Crippen LogP contribution in [0.4, 0.5) is 4.79 Å². The molecule has 1 unspecified atom stereocenters. The van der Waals surface area contributed by atoms with Crippen LogP contribution in [0.5, 0.6) is 0 Å². The van der Waals surface area contributed by atoms with Crippen LogP contribution in [0.1, 0.15) is 40.5 Å². The van der Waals surface area contributed by atoms with Crippen molar-refractivity contribution in [2.24, 2.45) is 11.8 Å². The van der Waals surface area contributed by atoms with Gasteiger partial charge in [0, 0.05) is 45.3 Å². The number of nitrogens with zero attached hydrogens (tertiary/aromatic N) is 2. The molecule has 0 radical (unpaired) electrons. The van der Waals surface area contributed by atoms with Crippen molar-refractivity contribution in [1.29, 1.82) is 0 Å². The van der Waals surface area contributed by atoms with Crippen LogP contribution >= 0.6 is 11.8 Å². The fourth-order valence-electron chi connectivity index (χ4n) is 3.16. The Kier molecular flexibility index (Phi) is 6.17. The van der Waals surface area contributed by atoms with Crippen LogP contribution in [0, 0.1) is 11.8 Å². The zero-order valence-corrected chi connectivity index (χ0v) is 15.9. The second-order valence-electron chi connectivity index (χ2n) is 7.75. The number of amides is 2. The van der Waals surface area contributed by atoms with Crippen LogP contribution in [0.3, 0.4) is 0 Å². The number of likely N-dealkylation sites (tertiary alicyclic amines) is 2. The number of ether oxygens (including phenoxy) is 1. The summed E-state index contributed by atoms with van der Waals surface area (Å²) in [5, 5.41) is 0.102. The molecular weight excluding hydrogens is 328 g/mol. The molecule has 7 heteroatoms. The molecule has 2 amide bonds. The highest BCUT2D eigenvalue weighted by molar-refractivity contribution is 8.13. The van der Waals surface area contributed by atoms with E-state index in [1.807, 2.05) is 25.7 Å². The zero-order valence-electron chi connectivity index (χ0n) is 15.0. The first-order valence-corrected chi connectivity index (χ1v) is 9.51. The van der Waals surface area contributed by atoms with Gasteiger partial charge in [-0.1, -0.05) is 11.8 Å². The van der Waals surface area contributed by atoms with Crippen molar-refractivity contribution in [2.75, 3.05) is 31.9 Å². The molecule has 0 saturated carbocycles. The highest BCUT2D eigenvalue weighted by atomic mass is 32.2. The second kappa shape index (κ2) is 7.76. The van der Waals surface area contributed by atoms with E-state index < -0.39 is 5.60 Å². The molecule has 0 spiro atoms. The van der Waals surface area contributed by atoms with Gasteiger partial charge in [0.25, 0.3) is 0 Å². The first-order valence-electron chi connectivity index (χ1n) is 8.53. The van der Waals surface area contributed by atoms with Gasteiger partial charge in [0.2, 0.25) is 5.91 Å². The summed E-state index contributed by atoms with van der Waals surface area (Å²) < 4.78 is 5.40. The van der Waals surface area contributed by atoms with E-state index in [4.69, 9.17) is 4.74 Å². The van der Waals surface area contributed by atoms with Gasteiger partial charge in [0.05, 0.1) is 0 Å². The van der Waals surface area contributed by atoms with Gasteiger partial charge in [-0.25, -0.2) is 4.79 Å². The number of hydrogen-bond donors (Lipinski definition) is 0. The summed E-state index contributed by atoms with van der Waals surface area (Å²) in [4.78, 5) is 38.9. The van der Waals surface area contributed by atoms with Gasteiger partial charge < -0.3 is 14.5 Å². The van der Waals surface area contributed by atoms with Crippen LogP contribution in [-0.2, 0) is 14.3 Å². The van der Waals surface area contributed by atoms with E-state index in [1.54, 1.807) is 11.8 Å². The van der Waals surface area contributed by atoms with Gasteiger partial charge >= 0.3 is 6.09 Å². The third-order valence-electron chi connectivity index (χ3n) is 4.23. The maximum Gasteiger partial charge on any atom is 0.410 e. The lowest BCUT2D eigenvalue weighted by Gasteiger charge is -2.25. The summed E-state index contributed by atoms with van der Waals surface area (Å²) in [5.74, 6) is 1.45. The molecular formula is C17H28N2O4S. The van der Waals surface area contributed by atoms with Gasteiger partial charge in [-0.05, 0) is 39.0 Å². The predicted octanol–water partition coefficient (Wildman–Crippen LogP) is 2.37. The third-order valence-corrected chi connectivity index (χ3v) is 5.28. The topological polar surface area (TPSA) is 66.9 Å². The summed E-state index contributed by atoms with van der Waals surface area (Å²) in [7, 11) is 0. The molecule has 2 aliphatic heterocycles. The van der Waals surface area contributed by atoms with Crippen LogP contribution in [-0.4, -0.2) is 64.4 Å². The lowest BCUT2D eigenvalue weighted by molar-refractivity contribution is -0.128. The molecule has 2 atom stereocenters. The minimum absolute atomic E-state index is 0.102. The molecule has 0 aromatic rings. The molecule has 0 aromatic heterocycles. The largest absolute Gasteiger partial charge is 0.444 e. The SMILES string of the molecule is CC(=O)SCC1CC(=O)N(C[C@H]2CCN(C(=O)OC(C)(C)C)C2)C1. The number of carbonyl (C=O) groups is 3. The maximum absolute atomic E-state index is 12.1. The normalized spacial score (nSPS) is 24.6. The van der Waals surface area contributed by atoms with Crippen LogP contribution in [0.25, 0.3) is 0 Å². The van der Waals surface area contributed by atoms with Crippen LogP contribution in [0.15, 0.2) is 0 Å². The van der Waals surface area contributed by atoms with Crippen molar-refractivity contribution in [3.8, 4) is 0 Å². The lowest BCUT2D eigenvalue weighted by atomic mass is 10.1. The number of thioether (sulfide) groups is 1. The summed E-state index contributed by atoms with van der Waals surface area (Å²) in [6.07, 6.45) is 1.16. The van der Waals surface area contributed by atoms with Crippen molar-refractivity contribution in [3.63, 3.8) is 0 Å². The maximum atomic E-state index is 12.1. The Hall–Kier alpha value is -1.24. The first kappa shape index (κ1) is 19.1. The molecule has 2 saturated heterocycles. The molecule has 24 heavy (non-hydrogen) atoms. The molecule has 6 nitrogen and oxygen atoms in total. The number of hydrogen-bond acceptors (Lipinski definition) is 5. The fourth-order valence-corrected chi connectivity index (χ4v) is 3.86. The predicted molar refractivity (Wildman–Crippen MR) is 93.7 cm³/mol. The molecule has 2 rings (SSSR count). The molecule has 0 aromatic carbocycles. The Morgan fingerprint density at radius 2 is 1.96 bits per heavy atom. The molecule has 0 N–H and O–H groups in total. The Morgan fingerprint density at radius 3 is 2.58 bits per heavy atom. The van der Waals surface area contributed by atoms with Crippen molar-refractivity contribution in [2.45, 2.75) is 46.1 Å². The summed E-state index contributed by atoms with van der Waals surface area (Å²) in [6, 6.07) is 0. The monoisotopic (exact) mass is 356 g/mol. The highest BCUT2D eigenvalue weighted by Gasteiger charge is 2.35. The van der Waals surface area contributed by atoms with Crippen LogP contribution < -0.4 is 0 Å². The smallest absolute Gasteiger partial charge is 0.410 e. The quantitative estimate of drug-likeness (QED) is 0.774. The molecule has 0 aliphatic carbocycles. The van der Waals surface area contributed by atoms with Crippen molar-refractivity contribution >= 4 is 28.9 Å². The summed E-state index contributed by atoms with van der Waals surface area (Å²) in [6.45, 7) is 9.89. The minimum atomic E-state index is -0.484. The second-order valence-corrected chi connectivity index (χ2v) is 8.95. The summed E-state index contributed by atoms with van der Waals surface area (Å²) >= 11 is 1.30. The van der Waals surface area contributed by atoms with E-state index in [2.05, 4.69) is 0 Å². The zero-order chi connectivity index (χ0) is 17.9. The van der Waals surface area contributed by atoms with E-state index in [0.717, 1.165) is 13.0 Å². The van der Waals surface area contributed by atoms with Crippen molar-refractivity contribution < 1.29 is 19.1 Å². The Bertz CT molecular complexity index is 503. The average molecular weight is 356 g/mol. The van der Waals surface area contributed by atoms with Crippen molar-refractivity contribution in [1.82, 2.24) is 9.80 Å². The van der Waals surface area contributed by atoms with Gasteiger partial charge in [-0.3, -0.25) is 9.59 Å². The minimum Gasteiger partial charge on any atom is -0.444 e. The molecule has 2 fully saturated rings. The first-order chi connectivity index (χ1) is 11.1. The van der Waals surface area contributed by atoms with Gasteiger partial charge in [-0.15, -0.1) is 0 Å². The Morgan fingerprint density at radius 1 is 1.25 bits per heavy atom. The lowest BCUT2D eigenvalue weighted by Crippen LogP contribution is -2.37.